The second kappa shape index (κ2) is 6.39. The van der Waals surface area contributed by atoms with Crippen molar-refractivity contribution in [2.24, 2.45) is 17.3 Å². The average Bonchev–Trinajstić information content (AvgIpc) is 2.25. The number of carbonyl (C=O) groups is 1. The number of hydrogen-bond acceptors (Lipinski definition) is 2. The van der Waals surface area contributed by atoms with Crippen LogP contribution in [0.15, 0.2) is 0 Å². The number of aliphatic hydroxyl groups is 1. The molecule has 0 aliphatic heterocycles. The van der Waals surface area contributed by atoms with Gasteiger partial charge in [-0.3, -0.25) is 4.79 Å². The maximum atomic E-state index is 11.7. The van der Waals surface area contributed by atoms with Gasteiger partial charge in [-0.15, -0.1) is 0 Å². The summed E-state index contributed by atoms with van der Waals surface area (Å²) in [5, 5.41) is 9.76. The molecule has 1 saturated carbocycles. The Labute approximate surface area is 119 Å². The van der Waals surface area contributed by atoms with Crippen molar-refractivity contribution in [2.45, 2.75) is 85.2 Å². The Kier molecular flexibility index (Phi) is 5.61. The number of carbonyl (C=O) groups excluding carboxylic acids is 1. The minimum Gasteiger partial charge on any atom is -0.390 e. The summed E-state index contributed by atoms with van der Waals surface area (Å²) in [7, 11) is 0. The molecule has 0 heterocycles. The van der Waals surface area contributed by atoms with E-state index >= 15 is 0 Å². The quantitative estimate of drug-likeness (QED) is 0.777. The van der Waals surface area contributed by atoms with E-state index in [1.165, 1.54) is 6.42 Å². The normalized spacial score (nSPS) is 28.2. The van der Waals surface area contributed by atoms with Gasteiger partial charge in [0.1, 0.15) is 5.78 Å². The predicted molar refractivity (Wildman–Crippen MR) is 80.1 cm³/mol. The molecule has 3 atom stereocenters. The third kappa shape index (κ3) is 5.25. The van der Waals surface area contributed by atoms with Crippen molar-refractivity contribution in [1.82, 2.24) is 0 Å². The van der Waals surface area contributed by atoms with Gasteiger partial charge in [0.2, 0.25) is 0 Å². The lowest BCUT2D eigenvalue weighted by atomic mass is 9.63. The molecule has 0 bridgehead atoms. The highest BCUT2D eigenvalue weighted by Gasteiger charge is 2.38. The summed E-state index contributed by atoms with van der Waals surface area (Å²) in [5.41, 5.74) is -0.350. The maximum Gasteiger partial charge on any atom is 0.133 e. The zero-order valence-electron chi connectivity index (χ0n) is 13.5. The molecule has 2 nitrogen and oxygen atoms in total. The molecule has 0 spiro atoms. The number of hydrogen-bond donors (Lipinski definition) is 1. The van der Waals surface area contributed by atoms with Crippen LogP contribution in [0.5, 0.6) is 0 Å². The Hall–Kier alpha value is -0.370. The summed E-state index contributed by atoms with van der Waals surface area (Å²) < 4.78 is 0. The molecule has 1 aliphatic carbocycles. The zero-order chi connectivity index (χ0) is 14.7. The third-order valence-electron chi connectivity index (χ3n) is 5.21. The lowest BCUT2D eigenvalue weighted by Gasteiger charge is -2.41. The topological polar surface area (TPSA) is 37.3 Å². The zero-order valence-corrected chi connectivity index (χ0v) is 13.5. The van der Waals surface area contributed by atoms with E-state index in [2.05, 4.69) is 20.8 Å². The van der Waals surface area contributed by atoms with E-state index in [4.69, 9.17) is 0 Å². The van der Waals surface area contributed by atoms with Crippen LogP contribution in [0.4, 0.5) is 0 Å². The van der Waals surface area contributed by atoms with Gasteiger partial charge >= 0.3 is 0 Å². The van der Waals surface area contributed by atoms with E-state index in [-0.39, 0.29) is 5.41 Å². The van der Waals surface area contributed by atoms with Crippen molar-refractivity contribution in [3.8, 4) is 0 Å². The number of Topliss-reactive ketones (excluding diaryl/α,β-unsaturated/α-hetero) is 1. The van der Waals surface area contributed by atoms with Gasteiger partial charge in [0.15, 0.2) is 0 Å². The molecular weight excluding hydrogens is 236 g/mol. The minimum atomic E-state index is -0.548. The van der Waals surface area contributed by atoms with Crippen molar-refractivity contribution in [3.05, 3.63) is 0 Å². The lowest BCUT2D eigenvalue weighted by molar-refractivity contribution is -0.125. The molecule has 0 amide bonds. The van der Waals surface area contributed by atoms with E-state index in [1.807, 2.05) is 13.8 Å². The van der Waals surface area contributed by atoms with Crippen LogP contribution in [-0.2, 0) is 4.79 Å². The van der Waals surface area contributed by atoms with Crippen LogP contribution in [-0.4, -0.2) is 16.5 Å². The molecule has 0 radical (unpaired) electrons. The highest BCUT2D eigenvalue weighted by Crippen LogP contribution is 2.44. The Balaban J connectivity index is 2.47. The fraction of sp³-hybridized carbons (Fsp3) is 0.941. The third-order valence-corrected chi connectivity index (χ3v) is 5.21. The second-order valence-corrected chi connectivity index (χ2v) is 7.69. The summed E-state index contributed by atoms with van der Waals surface area (Å²) >= 11 is 0. The number of ketones is 1. The van der Waals surface area contributed by atoms with Crippen molar-refractivity contribution < 1.29 is 9.90 Å². The molecule has 1 N–H and O–H groups in total. The Morgan fingerprint density at radius 1 is 1.37 bits per heavy atom. The first-order chi connectivity index (χ1) is 8.64. The van der Waals surface area contributed by atoms with Gasteiger partial charge < -0.3 is 5.11 Å². The average molecular weight is 268 g/mol. The summed E-state index contributed by atoms with van der Waals surface area (Å²) in [6, 6.07) is 0. The van der Waals surface area contributed by atoms with Gasteiger partial charge in [-0.2, -0.15) is 0 Å². The molecule has 1 rings (SSSR count). The SMILES string of the molecule is C[C@H](CCCC(C)(C)O)[C@H](C)[C@@]1(C)CCCC(=O)C1. The van der Waals surface area contributed by atoms with Crippen LogP contribution in [0.1, 0.15) is 79.6 Å². The predicted octanol–water partition coefficient (Wildman–Crippen LogP) is 4.35. The summed E-state index contributed by atoms with van der Waals surface area (Å²) in [4.78, 5) is 11.7. The van der Waals surface area contributed by atoms with Gasteiger partial charge in [-0.05, 0) is 50.4 Å². The molecule has 1 aliphatic rings. The molecule has 2 heteroatoms. The van der Waals surface area contributed by atoms with E-state index in [9.17, 15) is 9.90 Å². The van der Waals surface area contributed by atoms with E-state index in [0.717, 1.165) is 38.5 Å². The monoisotopic (exact) mass is 268 g/mol. The molecular formula is C17H32O2. The van der Waals surface area contributed by atoms with Gasteiger partial charge in [-0.1, -0.05) is 33.6 Å². The Morgan fingerprint density at radius 3 is 2.53 bits per heavy atom. The fourth-order valence-corrected chi connectivity index (χ4v) is 3.50. The molecule has 0 saturated heterocycles. The van der Waals surface area contributed by atoms with E-state index in [1.54, 1.807) is 0 Å². The van der Waals surface area contributed by atoms with Crippen molar-refractivity contribution in [1.29, 1.82) is 0 Å². The first-order valence-electron chi connectivity index (χ1n) is 7.88. The van der Waals surface area contributed by atoms with Crippen LogP contribution in [0.2, 0.25) is 0 Å². The Morgan fingerprint density at radius 2 is 2.00 bits per heavy atom. The fourth-order valence-electron chi connectivity index (χ4n) is 3.50. The largest absolute Gasteiger partial charge is 0.390 e. The minimum absolute atomic E-state index is 0.198. The molecule has 0 unspecified atom stereocenters. The highest BCUT2D eigenvalue weighted by atomic mass is 16.3. The maximum absolute atomic E-state index is 11.7. The smallest absolute Gasteiger partial charge is 0.133 e. The van der Waals surface area contributed by atoms with Crippen LogP contribution in [0.25, 0.3) is 0 Å². The van der Waals surface area contributed by atoms with Gasteiger partial charge in [0.25, 0.3) is 0 Å². The van der Waals surface area contributed by atoms with Crippen LogP contribution in [0, 0.1) is 17.3 Å². The van der Waals surface area contributed by atoms with Crippen molar-refractivity contribution in [2.75, 3.05) is 0 Å². The lowest BCUT2D eigenvalue weighted by Crippen LogP contribution is -2.35. The molecule has 0 aromatic rings. The van der Waals surface area contributed by atoms with Crippen molar-refractivity contribution in [3.63, 3.8) is 0 Å². The first kappa shape index (κ1) is 16.7. The second-order valence-electron chi connectivity index (χ2n) is 7.69. The van der Waals surface area contributed by atoms with Gasteiger partial charge in [0.05, 0.1) is 5.60 Å². The van der Waals surface area contributed by atoms with Crippen LogP contribution in [0.3, 0.4) is 0 Å². The van der Waals surface area contributed by atoms with Crippen LogP contribution >= 0.6 is 0 Å². The molecule has 112 valence electrons. The van der Waals surface area contributed by atoms with Gasteiger partial charge in [0, 0.05) is 12.8 Å². The molecule has 0 aromatic heterocycles. The van der Waals surface area contributed by atoms with E-state index in [0.29, 0.717) is 17.6 Å². The molecule has 1 fully saturated rings. The molecule has 0 aromatic carbocycles. The van der Waals surface area contributed by atoms with Crippen molar-refractivity contribution >= 4 is 5.78 Å². The Bertz CT molecular complexity index is 303. The summed E-state index contributed by atoms with van der Waals surface area (Å²) in [6.07, 6.45) is 6.89. The summed E-state index contributed by atoms with van der Waals surface area (Å²) in [5.74, 6) is 1.65. The van der Waals surface area contributed by atoms with Crippen LogP contribution < -0.4 is 0 Å². The standard InChI is InChI=1S/C17H32O2/c1-13(8-6-10-16(3,4)19)14(2)17(5)11-7-9-15(18)12-17/h13-14,19H,6-12H2,1-5H3/t13-,14+,17+/m1/s1. The van der Waals surface area contributed by atoms with Gasteiger partial charge in [-0.25, -0.2) is 0 Å². The summed E-state index contributed by atoms with van der Waals surface area (Å²) in [6.45, 7) is 10.7. The van der Waals surface area contributed by atoms with E-state index < -0.39 is 5.60 Å². The first-order valence-corrected chi connectivity index (χ1v) is 7.88. The highest BCUT2D eigenvalue weighted by molar-refractivity contribution is 5.79. The number of rotatable bonds is 6. The molecule has 19 heavy (non-hydrogen) atoms.